The van der Waals surface area contributed by atoms with Crippen LogP contribution < -0.4 is 4.90 Å². The molecule has 0 saturated heterocycles. The van der Waals surface area contributed by atoms with Gasteiger partial charge in [0.1, 0.15) is 5.58 Å². The highest BCUT2D eigenvalue weighted by molar-refractivity contribution is 6.24. The molecule has 0 aliphatic rings. The molecule has 0 bridgehead atoms. The number of fused-ring (bicyclic) bond motifs is 8. The fraction of sp³-hybridized carbons (Fsp3) is 0. The predicted molar refractivity (Wildman–Crippen MR) is 282 cm³/mol. The number of furan rings is 1. The molecule has 0 radical (unpaired) electrons. The molecule has 67 heavy (non-hydrogen) atoms. The Kier molecular flexibility index (Phi) is 9.17. The maximum absolute atomic E-state index is 7.16. The van der Waals surface area contributed by atoms with E-state index in [1.54, 1.807) is 0 Å². The average Bonchev–Trinajstić information content (AvgIpc) is 3.97. The molecule has 0 aliphatic heterocycles. The van der Waals surface area contributed by atoms with Gasteiger partial charge in [-0.15, -0.1) is 0 Å². The van der Waals surface area contributed by atoms with Crippen LogP contribution in [0.4, 0.5) is 17.1 Å². The number of aromatic nitrogens is 1. The first-order valence-electron chi connectivity index (χ1n) is 22.9. The molecule has 0 amide bonds. The van der Waals surface area contributed by atoms with Gasteiger partial charge in [-0.25, -0.2) is 0 Å². The van der Waals surface area contributed by atoms with Gasteiger partial charge in [0.2, 0.25) is 0 Å². The Hall–Kier alpha value is -8.92. The number of hydrogen-bond donors (Lipinski definition) is 0. The van der Waals surface area contributed by atoms with E-state index in [1.807, 2.05) is 0 Å². The summed E-state index contributed by atoms with van der Waals surface area (Å²) in [4.78, 5) is 2.33. The van der Waals surface area contributed by atoms with E-state index in [2.05, 4.69) is 264 Å². The van der Waals surface area contributed by atoms with Gasteiger partial charge in [-0.3, -0.25) is 0 Å². The lowest BCUT2D eigenvalue weighted by Crippen LogP contribution is -2.10. The molecule has 0 aliphatic carbocycles. The van der Waals surface area contributed by atoms with Crippen molar-refractivity contribution in [3.63, 3.8) is 0 Å². The third kappa shape index (κ3) is 6.59. The summed E-state index contributed by atoms with van der Waals surface area (Å²) in [5.74, 6) is 0. The van der Waals surface area contributed by atoms with Gasteiger partial charge in [0.05, 0.1) is 16.7 Å². The summed E-state index contributed by atoms with van der Waals surface area (Å²) in [5, 5.41) is 7.10. The molecule has 0 spiro atoms. The zero-order valence-electron chi connectivity index (χ0n) is 36.6. The van der Waals surface area contributed by atoms with E-state index in [9.17, 15) is 0 Å². The molecule has 3 nitrogen and oxygen atoms in total. The molecule has 0 atom stereocenters. The van der Waals surface area contributed by atoms with Gasteiger partial charge >= 0.3 is 0 Å². The molecular weight excluding hydrogens is 813 g/mol. The summed E-state index contributed by atoms with van der Waals surface area (Å²) in [6.45, 7) is 0. The highest BCUT2D eigenvalue weighted by atomic mass is 16.3. The molecule has 2 heterocycles. The highest BCUT2D eigenvalue weighted by Crippen LogP contribution is 2.47. The molecule has 0 N–H and O–H groups in total. The molecule has 3 heteroatoms. The van der Waals surface area contributed by atoms with Crippen LogP contribution in [0, 0.1) is 0 Å². The van der Waals surface area contributed by atoms with Gasteiger partial charge in [0.15, 0.2) is 5.58 Å². The maximum Gasteiger partial charge on any atom is 0.159 e. The van der Waals surface area contributed by atoms with Crippen molar-refractivity contribution in [3.8, 4) is 50.2 Å². The second-order valence-corrected chi connectivity index (χ2v) is 17.3. The lowest BCUT2D eigenvalue weighted by Gasteiger charge is -2.26. The van der Waals surface area contributed by atoms with Crippen LogP contribution in [-0.4, -0.2) is 4.57 Å². The lowest BCUT2D eigenvalue weighted by molar-refractivity contribution is 0.670. The zero-order valence-corrected chi connectivity index (χ0v) is 36.6. The van der Waals surface area contributed by atoms with Gasteiger partial charge < -0.3 is 13.9 Å². The summed E-state index contributed by atoms with van der Waals surface area (Å²) in [6, 6.07) is 91.6. The minimum absolute atomic E-state index is 0.847. The quantitative estimate of drug-likeness (QED) is 0.152. The largest absolute Gasteiger partial charge is 0.453 e. The molecule has 0 unspecified atom stereocenters. The van der Waals surface area contributed by atoms with Gasteiger partial charge in [0.25, 0.3) is 0 Å². The fourth-order valence-corrected chi connectivity index (χ4v) is 10.2. The molecule has 11 aromatic carbocycles. The van der Waals surface area contributed by atoms with Crippen LogP contribution in [0.25, 0.3) is 105 Å². The van der Waals surface area contributed by atoms with Crippen molar-refractivity contribution in [1.82, 2.24) is 4.57 Å². The summed E-state index contributed by atoms with van der Waals surface area (Å²) in [5.41, 5.74) is 17.6. The van der Waals surface area contributed by atoms with E-state index in [-0.39, 0.29) is 0 Å². The molecule has 314 valence electrons. The molecule has 13 rings (SSSR count). The summed E-state index contributed by atoms with van der Waals surface area (Å²) >= 11 is 0. The number of para-hydroxylation sites is 3. The van der Waals surface area contributed by atoms with Crippen molar-refractivity contribution in [2.75, 3.05) is 4.90 Å². The van der Waals surface area contributed by atoms with E-state index < -0.39 is 0 Å². The second kappa shape index (κ2) is 16.0. The van der Waals surface area contributed by atoms with E-state index in [0.29, 0.717) is 0 Å². The summed E-state index contributed by atoms with van der Waals surface area (Å²) in [6.07, 6.45) is 0. The van der Waals surface area contributed by atoms with Crippen molar-refractivity contribution in [1.29, 1.82) is 0 Å². The third-order valence-corrected chi connectivity index (χ3v) is 13.4. The molecule has 0 saturated carbocycles. The number of nitrogens with zero attached hydrogens (tertiary/aromatic N) is 2. The van der Waals surface area contributed by atoms with Crippen LogP contribution >= 0.6 is 0 Å². The van der Waals surface area contributed by atoms with Crippen LogP contribution in [-0.2, 0) is 0 Å². The Morgan fingerprint density at radius 1 is 0.313 bits per heavy atom. The van der Waals surface area contributed by atoms with Crippen LogP contribution in [0.2, 0.25) is 0 Å². The normalized spacial score (nSPS) is 11.6. The van der Waals surface area contributed by atoms with Gasteiger partial charge in [-0.05, 0) is 110 Å². The number of anilines is 3. The van der Waals surface area contributed by atoms with Crippen LogP contribution in [0.15, 0.2) is 259 Å². The standard InChI is InChI=1S/C64H42N2O/c1-4-15-43(16-5-1)45-31-36-52(37-32-45)65(60-26-14-24-57-62-54-22-11-10-19-50(54)41-58(64(62)67-63(57)60)48-17-6-2-7-18-48)53-38-33-46(34-39-53)44-27-29-47(30-28-44)49-35-40-56-55-23-12-13-25-59(55)66(61(56)42-49)51-20-8-3-9-21-51/h1-42H. The average molecular weight is 855 g/mol. The monoisotopic (exact) mass is 854 g/mol. The van der Waals surface area contributed by atoms with E-state index in [4.69, 9.17) is 4.42 Å². The van der Waals surface area contributed by atoms with Gasteiger partial charge in [0, 0.05) is 44.2 Å². The van der Waals surface area contributed by atoms with Crippen molar-refractivity contribution in [3.05, 3.63) is 255 Å². The predicted octanol–water partition coefficient (Wildman–Crippen LogP) is 18.0. The van der Waals surface area contributed by atoms with Crippen LogP contribution in [0.3, 0.4) is 0 Å². The molecule has 0 fully saturated rings. The third-order valence-electron chi connectivity index (χ3n) is 13.4. The van der Waals surface area contributed by atoms with Crippen molar-refractivity contribution in [2.24, 2.45) is 0 Å². The Balaban J connectivity index is 0.904. The molecule has 13 aromatic rings. The number of benzene rings is 11. The van der Waals surface area contributed by atoms with Gasteiger partial charge in [-0.1, -0.05) is 194 Å². The Morgan fingerprint density at radius 3 is 1.48 bits per heavy atom. The summed E-state index contributed by atoms with van der Waals surface area (Å²) < 4.78 is 9.54. The van der Waals surface area contributed by atoms with Crippen LogP contribution in [0.1, 0.15) is 0 Å². The first-order valence-corrected chi connectivity index (χ1v) is 22.9. The van der Waals surface area contributed by atoms with Crippen molar-refractivity contribution in [2.45, 2.75) is 0 Å². The zero-order chi connectivity index (χ0) is 44.3. The first kappa shape index (κ1) is 38.5. The number of rotatable bonds is 8. The highest BCUT2D eigenvalue weighted by Gasteiger charge is 2.23. The van der Waals surface area contributed by atoms with E-state index in [0.717, 1.165) is 66.9 Å². The number of hydrogen-bond acceptors (Lipinski definition) is 2. The Morgan fingerprint density at radius 2 is 0.806 bits per heavy atom. The fourth-order valence-electron chi connectivity index (χ4n) is 10.2. The SMILES string of the molecule is c1ccc(-c2ccc(N(c3ccc(-c4ccc(-c5ccc6c7ccccc7n(-c7ccccc7)c6c5)cc4)cc3)c3cccc4c3oc3c(-c5ccccc5)cc5ccccc5c34)cc2)cc1. The minimum Gasteiger partial charge on any atom is -0.453 e. The maximum atomic E-state index is 7.16. The Bertz CT molecular complexity index is 3930. The van der Waals surface area contributed by atoms with Crippen molar-refractivity contribution < 1.29 is 4.42 Å². The smallest absolute Gasteiger partial charge is 0.159 e. The topological polar surface area (TPSA) is 21.3 Å². The van der Waals surface area contributed by atoms with Crippen LogP contribution in [0.5, 0.6) is 0 Å². The van der Waals surface area contributed by atoms with E-state index >= 15 is 0 Å². The second-order valence-electron chi connectivity index (χ2n) is 17.3. The summed E-state index contributed by atoms with van der Waals surface area (Å²) in [7, 11) is 0. The molecule has 2 aromatic heterocycles. The first-order chi connectivity index (χ1) is 33.2. The van der Waals surface area contributed by atoms with E-state index in [1.165, 1.54) is 54.8 Å². The Labute approximate surface area is 388 Å². The lowest BCUT2D eigenvalue weighted by atomic mass is 9.96. The van der Waals surface area contributed by atoms with Crippen molar-refractivity contribution >= 4 is 71.6 Å². The molecular formula is C64H42N2O. The minimum atomic E-state index is 0.847. The van der Waals surface area contributed by atoms with Gasteiger partial charge in [-0.2, -0.15) is 0 Å².